The highest BCUT2D eigenvalue weighted by molar-refractivity contribution is 7.80. The standard InChI is InChI=1S/C24H26F2N2O5S/c1-14-5-8-17(9-6-14)28-15(2)20(22(29)32-12-11-30-3)21(27-24(28)34)16-7-10-18(33-23(25)26)19(13-16)31-4/h5-10,13,21,23H,11-12H2,1-4H3,(H,27,34). The Hall–Kier alpha value is -3.24. The molecule has 2 aromatic rings. The van der Waals surface area contributed by atoms with Crippen LogP contribution in [0, 0.1) is 6.92 Å². The molecule has 1 unspecified atom stereocenters. The fourth-order valence-electron chi connectivity index (χ4n) is 3.61. The monoisotopic (exact) mass is 492 g/mol. The minimum absolute atomic E-state index is 0.0678. The molecule has 1 aliphatic heterocycles. The minimum atomic E-state index is -3.00. The number of allylic oxidation sites excluding steroid dienone is 1. The number of esters is 1. The van der Waals surface area contributed by atoms with E-state index in [1.807, 2.05) is 31.2 Å². The average Bonchev–Trinajstić information content (AvgIpc) is 2.80. The van der Waals surface area contributed by atoms with Gasteiger partial charge >= 0.3 is 12.6 Å². The van der Waals surface area contributed by atoms with Crippen molar-refractivity contribution in [2.45, 2.75) is 26.5 Å². The topological polar surface area (TPSA) is 69.3 Å². The van der Waals surface area contributed by atoms with E-state index in [4.69, 9.17) is 26.4 Å². The summed E-state index contributed by atoms with van der Waals surface area (Å²) in [7, 11) is 2.85. The molecule has 7 nitrogen and oxygen atoms in total. The van der Waals surface area contributed by atoms with Crippen molar-refractivity contribution in [1.29, 1.82) is 0 Å². The first kappa shape index (κ1) is 25.4. The lowest BCUT2D eigenvalue weighted by atomic mass is 9.94. The molecule has 1 heterocycles. The summed E-state index contributed by atoms with van der Waals surface area (Å²) >= 11 is 5.64. The fraction of sp³-hybridized carbons (Fsp3) is 0.333. The molecule has 0 radical (unpaired) electrons. The van der Waals surface area contributed by atoms with E-state index < -0.39 is 18.6 Å². The molecule has 0 saturated carbocycles. The number of nitrogens with one attached hydrogen (secondary N) is 1. The van der Waals surface area contributed by atoms with Gasteiger partial charge in [0, 0.05) is 18.5 Å². The van der Waals surface area contributed by atoms with Crippen molar-refractivity contribution in [1.82, 2.24) is 5.32 Å². The summed E-state index contributed by atoms with van der Waals surface area (Å²) in [6, 6.07) is 11.4. The van der Waals surface area contributed by atoms with E-state index >= 15 is 0 Å². The van der Waals surface area contributed by atoms with Gasteiger partial charge in [0.25, 0.3) is 0 Å². The van der Waals surface area contributed by atoms with Crippen LogP contribution in [0.4, 0.5) is 14.5 Å². The Bertz CT molecular complexity index is 1080. The third kappa shape index (κ3) is 5.63. The molecule has 2 aromatic carbocycles. The number of halogens is 2. The molecule has 0 aliphatic carbocycles. The zero-order chi connectivity index (χ0) is 24.8. The number of anilines is 1. The second-order valence-electron chi connectivity index (χ2n) is 7.47. The summed E-state index contributed by atoms with van der Waals surface area (Å²) in [4.78, 5) is 14.9. The lowest BCUT2D eigenvalue weighted by molar-refractivity contribution is -0.140. The maximum absolute atomic E-state index is 13.2. The molecule has 1 aliphatic rings. The number of carbonyl (C=O) groups excluding carboxylic acids is 1. The number of methoxy groups -OCH3 is 2. The highest BCUT2D eigenvalue weighted by atomic mass is 32.1. The number of hydrogen-bond donors (Lipinski definition) is 1. The lowest BCUT2D eigenvalue weighted by Gasteiger charge is -2.37. The fourth-order valence-corrected chi connectivity index (χ4v) is 3.97. The Balaban J connectivity index is 2.07. The largest absolute Gasteiger partial charge is 0.493 e. The molecular weight excluding hydrogens is 466 g/mol. The number of alkyl halides is 2. The summed E-state index contributed by atoms with van der Waals surface area (Å²) in [5.74, 6) is -0.583. The Labute approximate surface area is 202 Å². The molecule has 1 atom stereocenters. The van der Waals surface area contributed by atoms with Gasteiger partial charge in [-0.1, -0.05) is 23.8 Å². The summed E-state index contributed by atoms with van der Waals surface area (Å²) in [5, 5.41) is 3.55. The number of carbonyl (C=O) groups is 1. The van der Waals surface area contributed by atoms with Gasteiger partial charge in [-0.15, -0.1) is 0 Å². The van der Waals surface area contributed by atoms with Crippen LogP contribution < -0.4 is 19.7 Å². The van der Waals surface area contributed by atoms with Gasteiger partial charge in [0.05, 0.1) is 25.3 Å². The molecule has 34 heavy (non-hydrogen) atoms. The van der Waals surface area contributed by atoms with Gasteiger partial charge in [-0.05, 0) is 55.9 Å². The minimum Gasteiger partial charge on any atom is -0.493 e. The van der Waals surface area contributed by atoms with Crippen LogP contribution in [-0.2, 0) is 14.3 Å². The van der Waals surface area contributed by atoms with Crippen LogP contribution in [0.25, 0.3) is 0 Å². The average molecular weight is 493 g/mol. The maximum atomic E-state index is 13.2. The Kier molecular flexibility index (Phi) is 8.41. The molecule has 182 valence electrons. The van der Waals surface area contributed by atoms with Gasteiger partial charge in [-0.2, -0.15) is 8.78 Å². The zero-order valence-electron chi connectivity index (χ0n) is 19.3. The van der Waals surface area contributed by atoms with Crippen molar-refractivity contribution in [3.05, 3.63) is 64.9 Å². The number of hydrogen-bond acceptors (Lipinski definition) is 6. The van der Waals surface area contributed by atoms with Gasteiger partial charge < -0.3 is 24.3 Å². The third-order valence-corrected chi connectivity index (χ3v) is 5.55. The smallest absolute Gasteiger partial charge is 0.387 e. The molecule has 0 spiro atoms. The Morgan fingerprint density at radius 2 is 1.79 bits per heavy atom. The third-order valence-electron chi connectivity index (χ3n) is 5.25. The highest BCUT2D eigenvalue weighted by Gasteiger charge is 2.36. The van der Waals surface area contributed by atoms with Crippen molar-refractivity contribution in [3.8, 4) is 11.5 Å². The van der Waals surface area contributed by atoms with Gasteiger partial charge in [-0.25, -0.2) is 4.79 Å². The molecule has 3 rings (SSSR count). The molecule has 0 saturated heterocycles. The van der Waals surface area contributed by atoms with E-state index in [1.165, 1.54) is 26.4 Å². The van der Waals surface area contributed by atoms with Crippen molar-refractivity contribution in [2.75, 3.05) is 32.3 Å². The first-order valence-electron chi connectivity index (χ1n) is 10.4. The molecule has 0 amide bonds. The van der Waals surface area contributed by atoms with Gasteiger partial charge in [0.2, 0.25) is 0 Å². The van der Waals surface area contributed by atoms with Crippen molar-refractivity contribution >= 4 is 29.0 Å². The number of benzene rings is 2. The first-order chi connectivity index (χ1) is 16.3. The van der Waals surface area contributed by atoms with Gasteiger partial charge in [-0.3, -0.25) is 4.90 Å². The van der Waals surface area contributed by atoms with Crippen LogP contribution in [-0.4, -0.2) is 45.1 Å². The van der Waals surface area contributed by atoms with E-state index in [0.29, 0.717) is 21.9 Å². The van der Waals surface area contributed by atoms with E-state index in [-0.39, 0.29) is 24.7 Å². The maximum Gasteiger partial charge on any atom is 0.387 e. The summed E-state index contributed by atoms with van der Waals surface area (Å²) in [5.41, 5.74) is 3.31. The summed E-state index contributed by atoms with van der Waals surface area (Å²) in [6.07, 6.45) is 0. The predicted octanol–water partition coefficient (Wildman–Crippen LogP) is 4.50. The van der Waals surface area contributed by atoms with Crippen LogP contribution in [0.3, 0.4) is 0 Å². The first-order valence-corrected chi connectivity index (χ1v) is 10.8. The Morgan fingerprint density at radius 3 is 2.41 bits per heavy atom. The number of aryl methyl sites for hydroxylation is 1. The van der Waals surface area contributed by atoms with Crippen molar-refractivity contribution in [3.63, 3.8) is 0 Å². The molecule has 1 N–H and O–H groups in total. The van der Waals surface area contributed by atoms with Crippen LogP contribution in [0.5, 0.6) is 11.5 Å². The lowest BCUT2D eigenvalue weighted by Crippen LogP contribution is -2.48. The zero-order valence-corrected chi connectivity index (χ0v) is 20.1. The number of ether oxygens (including phenoxy) is 4. The molecule has 0 bridgehead atoms. The van der Waals surface area contributed by atoms with Crippen LogP contribution >= 0.6 is 12.2 Å². The molecule has 0 aromatic heterocycles. The van der Waals surface area contributed by atoms with E-state index in [2.05, 4.69) is 10.1 Å². The van der Waals surface area contributed by atoms with Crippen LogP contribution in [0.15, 0.2) is 53.7 Å². The van der Waals surface area contributed by atoms with Crippen molar-refractivity contribution < 1.29 is 32.5 Å². The molecule has 0 fully saturated rings. The van der Waals surface area contributed by atoms with E-state index in [1.54, 1.807) is 17.9 Å². The van der Waals surface area contributed by atoms with Crippen LogP contribution in [0.1, 0.15) is 24.1 Å². The Morgan fingerprint density at radius 1 is 1.09 bits per heavy atom. The summed E-state index contributed by atoms with van der Waals surface area (Å²) < 4.78 is 45.6. The SMILES string of the molecule is COCCOC(=O)C1=C(C)N(c2ccc(C)cc2)C(=S)NC1c1ccc(OC(F)F)c(OC)c1. The number of thiocarbonyl (C=S) groups is 1. The second-order valence-corrected chi connectivity index (χ2v) is 7.86. The van der Waals surface area contributed by atoms with Gasteiger partial charge in [0.1, 0.15) is 6.61 Å². The van der Waals surface area contributed by atoms with E-state index in [0.717, 1.165) is 11.3 Å². The number of nitrogens with zero attached hydrogens (tertiary/aromatic N) is 1. The second kappa shape index (κ2) is 11.3. The quantitative estimate of drug-likeness (QED) is 0.312. The van der Waals surface area contributed by atoms with Crippen LogP contribution in [0.2, 0.25) is 0 Å². The van der Waals surface area contributed by atoms with Gasteiger partial charge in [0.15, 0.2) is 16.6 Å². The van der Waals surface area contributed by atoms with E-state index in [9.17, 15) is 13.6 Å². The normalized spacial score (nSPS) is 15.9. The molecule has 10 heteroatoms. The number of rotatable bonds is 9. The van der Waals surface area contributed by atoms with Crippen molar-refractivity contribution in [2.24, 2.45) is 0 Å². The molecular formula is C24H26F2N2O5S. The highest BCUT2D eigenvalue weighted by Crippen LogP contribution is 2.38. The predicted molar refractivity (Wildman–Crippen MR) is 127 cm³/mol. The summed E-state index contributed by atoms with van der Waals surface area (Å²) in [6.45, 7) is 1.06.